The highest BCUT2D eigenvalue weighted by molar-refractivity contribution is 9.10. The molecule has 4 aromatic heterocycles. The first-order chi connectivity index (χ1) is 67.5. The van der Waals surface area contributed by atoms with Crippen LogP contribution < -0.4 is 42.6 Å². The molecule has 0 saturated heterocycles. The first kappa shape index (κ1) is 99.3. The van der Waals surface area contributed by atoms with Crippen molar-refractivity contribution in [3.63, 3.8) is 0 Å². The summed E-state index contributed by atoms with van der Waals surface area (Å²) in [6, 6.07) is 95.8. The van der Waals surface area contributed by atoms with Gasteiger partial charge in [-0.05, 0) is 195 Å². The summed E-state index contributed by atoms with van der Waals surface area (Å²) >= 11 is 7.00. The minimum atomic E-state index is -4.45. The second-order valence-electron chi connectivity index (χ2n) is 33.4. The summed E-state index contributed by atoms with van der Waals surface area (Å²) in [5, 5.41) is 0. The quantitative estimate of drug-likeness (QED) is 0.0185. The van der Waals surface area contributed by atoms with Crippen LogP contribution in [0, 0.1) is 0 Å². The fourth-order valence-corrected chi connectivity index (χ4v) is 19.2. The molecular weight excluding hydrogens is 1980 g/mol. The van der Waals surface area contributed by atoms with Gasteiger partial charge in [-0.1, -0.05) is 273 Å². The number of hydrogen-bond donors (Lipinski definition) is 4. The van der Waals surface area contributed by atoms with Gasteiger partial charge in [0.2, 0.25) is 34.4 Å². The van der Waals surface area contributed by atoms with E-state index in [9.17, 15) is 51.9 Å². The molecule has 0 spiro atoms. The molecule has 12 aromatic carbocycles. The van der Waals surface area contributed by atoms with Crippen molar-refractivity contribution in [1.82, 2.24) is 4.98 Å². The molecule has 0 aliphatic carbocycles. The lowest BCUT2D eigenvalue weighted by Gasteiger charge is -2.19. The van der Waals surface area contributed by atoms with Crippen LogP contribution in [-0.2, 0) is 58.1 Å². The first-order valence-electron chi connectivity index (χ1n) is 45.6. The van der Waals surface area contributed by atoms with Gasteiger partial charge in [0.25, 0.3) is 44.3 Å². The Kier molecular flexibility index (Phi) is 31.7. The van der Waals surface area contributed by atoms with Crippen molar-refractivity contribution in [2.45, 2.75) is 96.7 Å². The van der Waals surface area contributed by atoms with E-state index >= 15 is 0 Å². The summed E-state index contributed by atoms with van der Waals surface area (Å²) in [5.74, 6) is 1.75. The Morgan fingerprint density at radius 1 is 0.329 bits per heavy atom. The lowest BCUT2D eigenvalue weighted by atomic mass is 10.0. The van der Waals surface area contributed by atoms with Gasteiger partial charge in [0.15, 0.2) is 17.2 Å². The van der Waals surface area contributed by atoms with Crippen LogP contribution in [0.15, 0.2) is 373 Å². The van der Waals surface area contributed by atoms with Crippen molar-refractivity contribution in [2.24, 2.45) is 0 Å². The molecule has 16 aromatic rings. The average molecular weight is 2090 g/mol. The molecule has 0 bridgehead atoms. The van der Waals surface area contributed by atoms with E-state index in [-0.39, 0.29) is 18.3 Å². The van der Waals surface area contributed by atoms with E-state index in [0.717, 1.165) is 156 Å². The van der Waals surface area contributed by atoms with E-state index in [0.29, 0.717) is 86.7 Å². The highest BCUT2D eigenvalue weighted by atomic mass is 79.9. The van der Waals surface area contributed by atoms with Gasteiger partial charge in [0.1, 0.15) is 6.08 Å². The second kappa shape index (κ2) is 44.6. The van der Waals surface area contributed by atoms with Crippen LogP contribution in [0.25, 0.3) is 118 Å². The maximum absolute atomic E-state index is 12.2. The SMILES string of the molecule is CCC(=C/c1oc2ccc(-c3ccccc3)cc2[n+]1CS(=O)(=O)O)/C=C1\Oc2ccc(-c3ccccc3)cc2N1CCS(=O)(=O)O.CCCCCN1/C(=C/C(=C\c2oc3ccc(-c4ccc(Br)cc4)cc3[n+]2CS(=O)(=O)O)CC)Oc2ccc(-c3ccc(Br)cc3)cc21.CCCCCN1C(=Cc2oc3ccc(-c4ccccc4)cc3[n+]2CS(=O)(=O)O)Oc2ccc(-c3ccccc3)cc21.c1ccncc1. The predicted molar refractivity (Wildman–Crippen MR) is 556 cm³/mol. The van der Waals surface area contributed by atoms with Gasteiger partial charge in [-0.2, -0.15) is 33.7 Å². The molecule has 4 N–H and O–H groups in total. The van der Waals surface area contributed by atoms with Crippen molar-refractivity contribution >= 4 is 141 Å². The number of halogens is 2. The summed E-state index contributed by atoms with van der Waals surface area (Å²) in [4.78, 5) is 9.78. The van der Waals surface area contributed by atoms with Crippen molar-refractivity contribution in [1.29, 1.82) is 0 Å². The largest absolute Gasteiger partial charge is 0.439 e. The van der Waals surface area contributed by atoms with Gasteiger partial charge < -0.3 is 42.2 Å². The third-order valence-corrected chi connectivity index (χ3v) is 27.0. The van der Waals surface area contributed by atoms with Gasteiger partial charge >= 0.3 is 48.0 Å². The molecule has 0 unspecified atom stereocenters. The number of rotatable bonds is 30. The number of fused-ring (bicyclic) bond motifs is 6. The topological polar surface area (TPSA) is 319 Å². The zero-order chi connectivity index (χ0) is 98.2. The van der Waals surface area contributed by atoms with E-state index in [4.69, 9.17) is 27.5 Å². The van der Waals surface area contributed by atoms with E-state index < -0.39 is 63.9 Å². The van der Waals surface area contributed by atoms with E-state index in [2.05, 4.69) is 103 Å². The molecule has 0 fully saturated rings. The molecule has 140 heavy (non-hydrogen) atoms. The summed E-state index contributed by atoms with van der Waals surface area (Å²) in [6.07, 6.45) is 19.8. The fraction of sp³-hybridized carbons (Fsp3) is 0.174. The summed E-state index contributed by atoms with van der Waals surface area (Å²) in [7, 11) is -17.5. The van der Waals surface area contributed by atoms with E-state index in [1.807, 2.05) is 263 Å². The molecule has 0 amide bonds. The number of anilines is 3. The normalized spacial score (nSPS) is 14.0. The summed E-state index contributed by atoms with van der Waals surface area (Å²) < 4.78 is 179. The van der Waals surface area contributed by atoms with Gasteiger partial charge in [-0.3, -0.25) is 23.2 Å². The maximum atomic E-state index is 12.2. The molecule has 3 aliphatic rings. The Bertz CT molecular complexity index is 7800. The minimum Gasteiger partial charge on any atom is -0.439 e. The van der Waals surface area contributed by atoms with Crippen LogP contribution in [0.5, 0.6) is 17.2 Å². The number of allylic oxidation sites excluding steroid dienone is 4. The number of ether oxygens (including phenoxy) is 3. The number of oxazole rings is 3. The van der Waals surface area contributed by atoms with Crippen molar-refractivity contribution in [3.8, 4) is 84.0 Å². The average Bonchev–Trinajstić information content (AvgIpc) is 1.59. The molecule has 0 atom stereocenters. The highest BCUT2D eigenvalue weighted by Crippen LogP contribution is 2.47. The first-order valence-corrected chi connectivity index (χ1v) is 53.6. The molecule has 31 heteroatoms. The number of benzene rings is 12. The Labute approximate surface area is 830 Å². The number of aromatic nitrogens is 4. The number of unbranched alkanes of at least 4 members (excludes halogenated alkanes) is 4. The molecule has 7 heterocycles. The van der Waals surface area contributed by atoms with Crippen LogP contribution in [0.1, 0.15) is 96.7 Å². The van der Waals surface area contributed by atoms with Crippen LogP contribution >= 0.6 is 31.9 Å². The smallest absolute Gasteiger partial charge is 0.380 e. The number of hydrogen-bond acceptors (Lipinski definition) is 18. The van der Waals surface area contributed by atoms with Crippen LogP contribution in [0.2, 0.25) is 0 Å². The zero-order valence-corrected chi connectivity index (χ0v) is 83.4. The molecule has 3 aliphatic heterocycles. The second-order valence-corrected chi connectivity index (χ2v) is 41.1. The number of pyridine rings is 1. The Morgan fingerprint density at radius 2 is 0.621 bits per heavy atom. The molecular formula is C109H102Br2N7O18S4+3. The van der Waals surface area contributed by atoms with Crippen molar-refractivity contribution in [2.75, 3.05) is 40.1 Å². The summed E-state index contributed by atoms with van der Waals surface area (Å²) in [6.45, 7) is 9.70. The Hall–Kier alpha value is -13.7. The standard InChI is InChI=1S/C37H34Br2N2O5S.C34H30N2O8S2.C33H30N2O5S.C5H5N/c1-3-5-6-19-40-32-22-28(26-7-13-30(38)14-8-26)11-17-34(32)45-36(40)20-25(4-2)21-37-41(24-47(42,43)44)33-23-29(12-18-35(33)46-37)27-9-15-31(39)16-10-27;1-2-24(20-34-36(23-46(40,41)42)30-22-28(14-16-32(30)44-34)26-11-7-4-8-12-26)19-33-35(17-18-45(37,38)39)29-21-27(13-15-31(29)43-33)25-9-5-3-6-10-25;1-2-3-10-19-34-28-20-26(24-11-6-4-7-12-24)15-17-30(28)39-32(34)22-33-35(23-41(36,37)38)29-21-27(16-18-31(29)40-33)25-13-8-5-9-14-25;1-2-4-6-5-3-1/h7-18,20-23H,3-6,19,24H2,1-2H3;3-16,19-22H,2,17-18,23H2,1H3,(H-,37,38,39,40,41,42);4-9,11-18,20-22H,2-3,10,19,23H2,1H3;1-5H/p+3. The van der Waals surface area contributed by atoms with Crippen LogP contribution in [-0.4, -0.2) is 82.3 Å². The molecule has 0 radical (unpaired) electrons. The summed E-state index contributed by atoms with van der Waals surface area (Å²) in [5.41, 5.74) is 18.9. The zero-order valence-electron chi connectivity index (χ0n) is 77.0. The minimum absolute atomic E-state index is 0.0808. The van der Waals surface area contributed by atoms with Crippen molar-refractivity contribution in [3.05, 3.63) is 377 Å². The molecule has 0 saturated carbocycles. The lowest BCUT2D eigenvalue weighted by molar-refractivity contribution is -0.658. The number of nitrogens with zero attached hydrogens (tertiary/aromatic N) is 7. The highest BCUT2D eigenvalue weighted by Gasteiger charge is 2.36. The third kappa shape index (κ3) is 25.3. The molecule has 25 nitrogen and oxygen atoms in total. The van der Waals surface area contributed by atoms with Crippen molar-refractivity contribution < 1.29 is 93.0 Å². The van der Waals surface area contributed by atoms with Crippen LogP contribution in [0.3, 0.4) is 0 Å². The van der Waals surface area contributed by atoms with E-state index in [1.165, 1.54) is 13.7 Å². The Morgan fingerprint density at radius 3 is 0.936 bits per heavy atom. The third-order valence-electron chi connectivity index (χ3n) is 23.5. The molecule has 716 valence electrons. The monoisotopic (exact) mass is 2080 g/mol. The maximum Gasteiger partial charge on any atom is 0.380 e. The molecule has 19 rings (SSSR count). The Balaban J connectivity index is 0.000000147. The van der Waals surface area contributed by atoms with Gasteiger partial charge in [0.05, 0.1) is 35.0 Å². The van der Waals surface area contributed by atoms with Gasteiger partial charge in [0, 0.05) is 71.3 Å². The predicted octanol–water partition coefficient (Wildman–Crippen LogP) is 24.8. The van der Waals surface area contributed by atoms with Gasteiger partial charge in [-0.15, -0.1) is 13.7 Å². The van der Waals surface area contributed by atoms with Crippen LogP contribution in [0.4, 0.5) is 17.1 Å². The fourth-order valence-electron chi connectivity index (χ4n) is 16.5. The van der Waals surface area contributed by atoms with Gasteiger partial charge in [-0.25, -0.2) is 0 Å². The van der Waals surface area contributed by atoms with E-state index in [1.54, 1.807) is 53.7 Å². The lowest BCUT2D eigenvalue weighted by Crippen LogP contribution is -2.39.